The maximum Gasteiger partial charge on any atom is 0.310 e. The van der Waals surface area contributed by atoms with E-state index in [0.29, 0.717) is 28.6 Å². The molecule has 0 saturated heterocycles. The lowest BCUT2D eigenvalue weighted by Gasteiger charge is -2.37. The summed E-state index contributed by atoms with van der Waals surface area (Å²) in [5, 5.41) is 4.03. The summed E-state index contributed by atoms with van der Waals surface area (Å²) in [6, 6.07) is 13.8. The van der Waals surface area contributed by atoms with Crippen molar-refractivity contribution < 1.29 is 27.5 Å². The number of anilines is 3. The number of aryl methyl sites for hydroxylation is 1. The van der Waals surface area contributed by atoms with Crippen LogP contribution in [0, 0.1) is 6.92 Å². The van der Waals surface area contributed by atoms with Crippen LogP contribution in [0.5, 0.6) is 5.88 Å². The normalized spacial score (nSPS) is 12.9. The number of rotatable bonds is 13. The largest absolute Gasteiger partial charge is 0.481 e. The molecular weight excluding hydrogens is 633 g/mol. The van der Waals surface area contributed by atoms with Crippen LogP contribution in [0.3, 0.4) is 0 Å². The van der Waals surface area contributed by atoms with Gasteiger partial charge in [-0.05, 0) is 74.8 Å². The van der Waals surface area contributed by atoms with E-state index in [-0.39, 0.29) is 35.6 Å². The highest BCUT2D eigenvalue weighted by atomic mass is 28.4. The summed E-state index contributed by atoms with van der Waals surface area (Å²) in [5.41, 5.74) is 3.50. The number of benzene rings is 2. The van der Waals surface area contributed by atoms with E-state index in [4.69, 9.17) is 18.9 Å². The molecular formula is C36H47F2N5O4Si. The van der Waals surface area contributed by atoms with E-state index in [9.17, 15) is 4.79 Å². The molecule has 2 heterocycles. The summed E-state index contributed by atoms with van der Waals surface area (Å²) < 4.78 is 47.3. The van der Waals surface area contributed by atoms with Crippen molar-refractivity contribution in [1.82, 2.24) is 15.0 Å². The number of nitrogens with one attached hydrogen (secondary N) is 1. The van der Waals surface area contributed by atoms with Gasteiger partial charge in [0.25, 0.3) is 5.92 Å². The zero-order valence-corrected chi connectivity index (χ0v) is 30.6. The van der Waals surface area contributed by atoms with E-state index >= 15 is 8.78 Å². The summed E-state index contributed by atoms with van der Waals surface area (Å²) in [7, 11) is 1.05. The van der Waals surface area contributed by atoms with Gasteiger partial charge in [-0.1, -0.05) is 39.0 Å². The fraction of sp³-hybridized carbons (Fsp3) is 0.444. The van der Waals surface area contributed by atoms with Crippen LogP contribution in [-0.4, -0.2) is 56.6 Å². The van der Waals surface area contributed by atoms with Crippen molar-refractivity contribution in [2.24, 2.45) is 0 Å². The first-order chi connectivity index (χ1) is 22.5. The Bertz CT molecular complexity index is 1760. The number of alkyl halides is 2. The minimum absolute atomic E-state index is 0.0271. The van der Waals surface area contributed by atoms with Crippen LogP contribution < -0.4 is 15.0 Å². The van der Waals surface area contributed by atoms with E-state index in [1.54, 1.807) is 19.2 Å². The number of pyridine rings is 1. The molecule has 1 N–H and O–H groups in total. The summed E-state index contributed by atoms with van der Waals surface area (Å²) in [4.78, 5) is 27.9. The van der Waals surface area contributed by atoms with Crippen LogP contribution >= 0.6 is 0 Å². The van der Waals surface area contributed by atoms with Gasteiger partial charge in [0.05, 0.1) is 37.5 Å². The summed E-state index contributed by atoms with van der Waals surface area (Å²) >= 11 is 0. The second-order valence-corrected chi connectivity index (χ2v) is 18.3. The number of hydrogen-bond acceptors (Lipinski definition) is 9. The molecule has 9 nitrogen and oxygen atoms in total. The van der Waals surface area contributed by atoms with E-state index in [1.165, 1.54) is 19.2 Å². The van der Waals surface area contributed by atoms with Crippen molar-refractivity contribution >= 4 is 42.4 Å². The predicted molar refractivity (Wildman–Crippen MR) is 189 cm³/mol. The van der Waals surface area contributed by atoms with Crippen LogP contribution in [0.2, 0.25) is 18.1 Å². The first-order valence-electron chi connectivity index (χ1n) is 16.0. The van der Waals surface area contributed by atoms with Crippen molar-refractivity contribution in [1.29, 1.82) is 0 Å². The minimum atomic E-state index is -3.14. The van der Waals surface area contributed by atoms with Crippen LogP contribution in [0.15, 0.2) is 54.7 Å². The van der Waals surface area contributed by atoms with Crippen molar-refractivity contribution in [3.63, 3.8) is 0 Å². The van der Waals surface area contributed by atoms with E-state index in [1.807, 2.05) is 90.0 Å². The third-order valence-electron chi connectivity index (χ3n) is 8.89. The lowest BCUT2D eigenvalue weighted by molar-refractivity contribution is -0.142. The topological polar surface area (TPSA) is 98.7 Å². The number of esters is 1. The van der Waals surface area contributed by atoms with E-state index in [2.05, 4.69) is 15.3 Å². The summed E-state index contributed by atoms with van der Waals surface area (Å²) in [6.07, 6.45) is 1.70. The zero-order chi connectivity index (χ0) is 35.4. The van der Waals surface area contributed by atoms with Gasteiger partial charge in [0.1, 0.15) is 18.2 Å². The van der Waals surface area contributed by atoms with Crippen LogP contribution in [0.4, 0.5) is 26.0 Å². The van der Waals surface area contributed by atoms with Crippen molar-refractivity contribution in [3.8, 4) is 5.88 Å². The van der Waals surface area contributed by atoms with Crippen molar-refractivity contribution in [2.45, 2.75) is 78.1 Å². The molecule has 0 bridgehead atoms. The molecule has 258 valence electrons. The van der Waals surface area contributed by atoms with Gasteiger partial charge in [-0.25, -0.2) is 15.0 Å². The fourth-order valence-corrected chi connectivity index (χ4v) is 5.92. The highest BCUT2D eigenvalue weighted by Gasteiger charge is 2.41. The average Bonchev–Trinajstić information content (AvgIpc) is 3.03. The molecule has 0 amide bonds. The van der Waals surface area contributed by atoms with Crippen LogP contribution in [-0.2, 0) is 26.3 Å². The molecule has 0 fully saturated rings. The van der Waals surface area contributed by atoms with Gasteiger partial charge < -0.3 is 24.1 Å². The summed E-state index contributed by atoms with van der Waals surface area (Å²) in [6.45, 7) is 15.2. The Hall–Kier alpha value is -4.16. The van der Waals surface area contributed by atoms with Gasteiger partial charge in [0, 0.05) is 35.3 Å². The van der Waals surface area contributed by atoms with Gasteiger partial charge in [-0.2, -0.15) is 8.78 Å². The number of ether oxygens (including phenoxy) is 2. The quantitative estimate of drug-likeness (QED) is 0.110. The molecule has 0 spiro atoms. The van der Waals surface area contributed by atoms with Gasteiger partial charge in [-0.3, -0.25) is 4.79 Å². The standard InChI is InChI=1S/C36H47F2N5O4Si/c1-11-46-32(44)19-26-18-29(21-39-34(26)45-8)43(7)28-15-16-31-30(20-28)33(42-24(3)41-31)40-23(2)25-13-12-14-27(17-25)36(37,38)22-47-48(9,10)35(4,5)6/h12-18,20-21,23H,11,19,22H2,1-10H3,(H,40,41,42)/t23-/m1/s1. The second-order valence-electron chi connectivity index (χ2n) is 13.5. The Morgan fingerprint density at radius 2 is 1.79 bits per heavy atom. The Morgan fingerprint density at radius 1 is 1.06 bits per heavy atom. The number of methoxy groups -OCH3 is 1. The third kappa shape index (κ3) is 8.46. The first-order valence-corrected chi connectivity index (χ1v) is 19.0. The third-order valence-corrected chi connectivity index (χ3v) is 13.4. The van der Waals surface area contributed by atoms with Gasteiger partial charge in [0.2, 0.25) is 5.88 Å². The molecule has 0 radical (unpaired) electrons. The molecule has 12 heteroatoms. The lowest BCUT2D eigenvalue weighted by atomic mass is 10.0. The van der Waals surface area contributed by atoms with E-state index < -0.39 is 20.8 Å². The highest BCUT2D eigenvalue weighted by Crippen LogP contribution is 2.39. The molecule has 0 saturated carbocycles. The Balaban J connectivity index is 1.61. The SMILES string of the molecule is CCOC(=O)Cc1cc(N(C)c2ccc3nc(C)nc(N[C@H](C)c4cccc(C(F)(F)CO[Si](C)(C)C(C)(C)C)c4)c3c2)cnc1OC. The monoisotopic (exact) mass is 679 g/mol. The molecule has 0 unspecified atom stereocenters. The Morgan fingerprint density at radius 3 is 2.46 bits per heavy atom. The van der Waals surface area contributed by atoms with E-state index in [0.717, 1.165) is 22.3 Å². The highest BCUT2D eigenvalue weighted by molar-refractivity contribution is 6.74. The van der Waals surface area contributed by atoms with Crippen LogP contribution in [0.25, 0.3) is 10.9 Å². The van der Waals surface area contributed by atoms with Crippen LogP contribution in [0.1, 0.15) is 63.2 Å². The maximum absolute atomic E-state index is 15.4. The number of aromatic nitrogens is 3. The first kappa shape index (κ1) is 36.7. The second kappa shape index (κ2) is 14.5. The number of fused-ring (bicyclic) bond motifs is 1. The number of halogens is 2. The Labute approximate surface area is 283 Å². The molecule has 0 aliphatic heterocycles. The van der Waals surface area contributed by atoms with Gasteiger partial charge >= 0.3 is 5.97 Å². The number of carbonyl (C=O) groups is 1. The number of nitrogens with zero attached hydrogens (tertiary/aromatic N) is 4. The number of carbonyl (C=O) groups excluding carboxylic acids is 1. The van der Waals surface area contributed by atoms with Crippen molar-refractivity contribution in [2.75, 3.05) is 37.6 Å². The van der Waals surface area contributed by atoms with Gasteiger partial charge in [0.15, 0.2) is 8.32 Å². The molecule has 1 atom stereocenters. The molecule has 48 heavy (non-hydrogen) atoms. The molecule has 4 rings (SSSR count). The fourth-order valence-electron chi connectivity index (χ4n) is 4.94. The molecule has 4 aromatic rings. The summed E-state index contributed by atoms with van der Waals surface area (Å²) in [5.74, 6) is -2.00. The predicted octanol–water partition coefficient (Wildman–Crippen LogP) is 8.50. The lowest BCUT2D eigenvalue weighted by Crippen LogP contribution is -2.43. The molecule has 2 aromatic heterocycles. The average molecular weight is 680 g/mol. The molecule has 2 aromatic carbocycles. The zero-order valence-electron chi connectivity index (χ0n) is 29.6. The van der Waals surface area contributed by atoms with Gasteiger partial charge in [-0.15, -0.1) is 0 Å². The molecule has 0 aliphatic carbocycles. The Kier molecular flexibility index (Phi) is 11.1. The van der Waals surface area contributed by atoms with Crippen molar-refractivity contribution in [3.05, 3.63) is 77.2 Å². The number of hydrogen-bond donors (Lipinski definition) is 1. The minimum Gasteiger partial charge on any atom is -0.481 e. The maximum atomic E-state index is 15.4. The smallest absolute Gasteiger partial charge is 0.310 e. The molecule has 0 aliphatic rings.